The lowest BCUT2D eigenvalue weighted by Gasteiger charge is -2.31. The number of rotatable bonds is 4. The fourth-order valence-corrected chi connectivity index (χ4v) is 1.53. The van der Waals surface area contributed by atoms with Crippen molar-refractivity contribution in [3.63, 3.8) is 0 Å². The van der Waals surface area contributed by atoms with Crippen LogP contribution in [0.25, 0.3) is 0 Å². The number of methoxy groups -OCH3 is 1. The maximum atomic E-state index is 13.1. The molecule has 2 nitrogen and oxygen atoms in total. The van der Waals surface area contributed by atoms with Crippen molar-refractivity contribution in [2.75, 3.05) is 13.7 Å². The van der Waals surface area contributed by atoms with Gasteiger partial charge in [-0.25, -0.2) is 4.39 Å². The number of hydrogen-bond acceptors (Lipinski definition) is 2. The minimum Gasteiger partial charge on any atom is -0.384 e. The molecule has 0 fully saturated rings. The van der Waals surface area contributed by atoms with Gasteiger partial charge in [-0.15, -0.1) is 0 Å². The first-order chi connectivity index (χ1) is 6.98. The molecule has 2 N–H and O–H groups in total. The van der Waals surface area contributed by atoms with E-state index in [1.54, 1.807) is 13.2 Å². The topological polar surface area (TPSA) is 35.2 Å². The van der Waals surface area contributed by atoms with Gasteiger partial charge in [0.15, 0.2) is 0 Å². The highest BCUT2D eigenvalue weighted by Crippen LogP contribution is 2.27. The summed E-state index contributed by atoms with van der Waals surface area (Å²) in [6.07, 6.45) is 0. The van der Waals surface area contributed by atoms with Crippen LogP contribution in [0.3, 0.4) is 0 Å². The van der Waals surface area contributed by atoms with Crippen molar-refractivity contribution >= 4 is 0 Å². The first-order valence-corrected chi connectivity index (χ1v) is 5.02. The average Bonchev–Trinajstić information content (AvgIpc) is 2.18. The Morgan fingerprint density at radius 1 is 1.53 bits per heavy atom. The molecule has 0 saturated carbocycles. The van der Waals surface area contributed by atoms with Gasteiger partial charge in [0.1, 0.15) is 5.82 Å². The van der Waals surface area contributed by atoms with Crippen molar-refractivity contribution in [1.82, 2.24) is 0 Å². The highest BCUT2D eigenvalue weighted by atomic mass is 19.1. The molecule has 1 aromatic rings. The summed E-state index contributed by atoms with van der Waals surface area (Å²) in [6.45, 7) is 4.45. The zero-order valence-electron chi connectivity index (χ0n) is 9.46. The SMILES string of the molecule is COCC(C)C(C)(N)c1cccc(F)c1. The monoisotopic (exact) mass is 211 g/mol. The molecule has 0 amide bonds. The van der Waals surface area contributed by atoms with Crippen LogP contribution in [0.2, 0.25) is 0 Å². The molecule has 15 heavy (non-hydrogen) atoms. The normalized spacial score (nSPS) is 17.1. The second-order valence-electron chi connectivity index (χ2n) is 4.15. The van der Waals surface area contributed by atoms with Crippen molar-refractivity contribution in [2.45, 2.75) is 19.4 Å². The molecule has 0 aliphatic carbocycles. The number of benzene rings is 1. The predicted octanol–water partition coefficient (Wildman–Crippen LogP) is 2.28. The summed E-state index contributed by atoms with van der Waals surface area (Å²) in [6, 6.07) is 6.41. The predicted molar refractivity (Wildman–Crippen MR) is 59.0 cm³/mol. The zero-order chi connectivity index (χ0) is 11.5. The quantitative estimate of drug-likeness (QED) is 0.829. The molecule has 0 spiro atoms. The van der Waals surface area contributed by atoms with E-state index < -0.39 is 5.54 Å². The van der Waals surface area contributed by atoms with Gasteiger partial charge >= 0.3 is 0 Å². The fourth-order valence-electron chi connectivity index (χ4n) is 1.53. The van der Waals surface area contributed by atoms with Crippen LogP contribution in [0.15, 0.2) is 24.3 Å². The summed E-state index contributed by atoms with van der Waals surface area (Å²) in [5.41, 5.74) is 6.42. The van der Waals surface area contributed by atoms with Crippen LogP contribution in [0.1, 0.15) is 19.4 Å². The molecule has 0 aromatic heterocycles. The summed E-state index contributed by atoms with van der Waals surface area (Å²) < 4.78 is 18.1. The maximum Gasteiger partial charge on any atom is 0.123 e. The molecule has 0 heterocycles. The van der Waals surface area contributed by atoms with E-state index in [9.17, 15) is 4.39 Å². The molecule has 84 valence electrons. The van der Waals surface area contributed by atoms with Crippen molar-refractivity contribution in [3.05, 3.63) is 35.6 Å². The lowest BCUT2D eigenvalue weighted by Crippen LogP contribution is -2.41. The smallest absolute Gasteiger partial charge is 0.123 e. The highest BCUT2D eigenvalue weighted by Gasteiger charge is 2.28. The molecule has 2 atom stereocenters. The van der Waals surface area contributed by atoms with Gasteiger partial charge < -0.3 is 10.5 Å². The Bertz CT molecular complexity index is 325. The zero-order valence-corrected chi connectivity index (χ0v) is 9.46. The van der Waals surface area contributed by atoms with Crippen LogP contribution in [0.4, 0.5) is 4.39 Å². The molecule has 2 unspecified atom stereocenters. The Kier molecular flexibility index (Phi) is 3.83. The lowest BCUT2D eigenvalue weighted by molar-refractivity contribution is 0.120. The number of hydrogen-bond donors (Lipinski definition) is 1. The molecule has 0 saturated heterocycles. The van der Waals surface area contributed by atoms with Gasteiger partial charge in [-0.2, -0.15) is 0 Å². The van der Waals surface area contributed by atoms with Gasteiger partial charge in [-0.05, 0) is 24.6 Å². The van der Waals surface area contributed by atoms with Gasteiger partial charge in [0, 0.05) is 18.6 Å². The summed E-state index contributed by atoms with van der Waals surface area (Å²) in [4.78, 5) is 0. The van der Waals surface area contributed by atoms with Crippen LogP contribution in [-0.4, -0.2) is 13.7 Å². The van der Waals surface area contributed by atoms with Crippen LogP contribution in [-0.2, 0) is 10.3 Å². The van der Waals surface area contributed by atoms with Crippen molar-refractivity contribution < 1.29 is 9.13 Å². The summed E-state index contributed by atoms with van der Waals surface area (Å²) >= 11 is 0. The van der Waals surface area contributed by atoms with E-state index in [2.05, 4.69) is 0 Å². The minimum absolute atomic E-state index is 0.129. The van der Waals surface area contributed by atoms with Gasteiger partial charge in [0.2, 0.25) is 0 Å². The van der Waals surface area contributed by atoms with E-state index in [1.807, 2.05) is 19.9 Å². The Balaban J connectivity index is 2.94. The van der Waals surface area contributed by atoms with Gasteiger partial charge in [0.25, 0.3) is 0 Å². The van der Waals surface area contributed by atoms with Gasteiger partial charge in [-0.1, -0.05) is 19.1 Å². The van der Waals surface area contributed by atoms with Gasteiger partial charge in [-0.3, -0.25) is 0 Å². The van der Waals surface area contributed by atoms with Crippen molar-refractivity contribution in [3.8, 4) is 0 Å². The van der Waals surface area contributed by atoms with Crippen LogP contribution < -0.4 is 5.73 Å². The Labute approximate surface area is 90.2 Å². The van der Waals surface area contributed by atoms with Crippen LogP contribution in [0.5, 0.6) is 0 Å². The molecule has 0 radical (unpaired) electrons. The largest absolute Gasteiger partial charge is 0.384 e. The molecule has 3 heteroatoms. The molecule has 0 aliphatic rings. The number of halogens is 1. The first-order valence-electron chi connectivity index (χ1n) is 5.02. The van der Waals surface area contributed by atoms with Crippen molar-refractivity contribution in [1.29, 1.82) is 0 Å². The third kappa shape index (κ3) is 2.76. The molecular weight excluding hydrogens is 193 g/mol. The Hall–Kier alpha value is -0.930. The van der Waals surface area contributed by atoms with E-state index in [1.165, 1.54) is 12.1 Å². The lowest BCUT2D eigenvalue weighted by atomic mass is 9.82. The number of nitrogens with two attached hydrogens (primary N) is 1. The molecule has 0 bridgehead atoms. The van der Waals surface area contributed by atoms with Crippen LogP contribution >= 0.6 is 0 Å². The molecular formula is C12H18FNO. The maximum absolute atomic E-state index is 13.1. The van der Waals surface area contributed by atoms with Crippen molar-refractivity contribution in [2.24, 2.45) is 11.7 Å². The van der Waals surface area contributed by atoms with E-state index in [0.717, 1.165) is 5.56 Å². The summed E-state index contributed by atoms with van der Waals surface area (Å²) in [7, 11) is 1.64. The second-order valence-corrected chi connectivity index (χ2v) is 4.15. The van der Waals surface area contributed by atoms with E-state index in [-0.39, 0.29) is 11.7 Å². The fraction of sp³-hybridized carbons (Fsp3) is 0.500. The van der Waals surface area contributed by atoms with Crippen LogP contribution in [0, 0.1) is 11.7 Å². The standard InChI is InChI=1S/C12H18FNO/c1-9(8-15-3)12(2,14)10-5-4-6-11(13)7-10/h4-7,9H,8,14H2,1-3H3. The molecule has 0 aliphatic heterocycles. The Morgan fingerprint density at radius 2 is 2.20 bits per heavy atom. The van der Waals surface area contributed by atoms with E-state index >= 15 is 0 Å². The Morgan fingerprint density at radius 3 is 2.73 bits per heavy atom. The highest BCUT2D eigenvalue weighted by molar-refractivity contribution is 5.24. The first kappa shape index (κ1) is 12.1. The van der Waals surface area contributed by atoms with Gasteiger partial charge in [0.05, 0.1) is 6.61 Å². The summed E-state index contributed by atoms with van der Waals surface area (Å²) in [5.74, 6) is -0.127. The summed E-state index contributed by atoms with van der Waals surface area (Å²) in [5, 5.41) is 0. The third-order valence-corrected chi connectivity index (χ3v) is 2.89. The minimum atomic E-state index is -0.571. The second kappa shape index (κ2) is 4.73. The van der Waals surface area contributed by atoms with E-state index in [0.29, 0.717) is 6.61 Å². The third-order valence-electron chi connectivity index (χ3n) is 2.89. The average molecular weight is 211 g/mol. The molecule has 1 aromatic carbocycles. The number of ether oxygens (including phenoxy) is 1. The van der Waals surface area contributed by atoms with E-state index in [4.69, 9.17) is 10.5 Å². The molecule has 1 rings (SSSR count).